The SMILES string of the molecule is CC(C)C1SCC(C(=O)O)N1C(=O)N(C)C1CC1. The summed E-state index contributed by atoms with van der Waals surface area (Å²) >= 11 is 1.57. The third-order valence-electron chi connectivity index (χ3n) is 3.51. The predicted octanol–water partition coefficient (Wildman–Crippen LogP) is 1.68. The van der Waals surface area contributed by atoms with Crippen LogP contribution in [0, 0.1) is 5.92 Å². The number of hydrogen-bond acceptors (Lipinski definition) is 3. The summed E-state index contributed by atoms with van der Waals surface area (Å²) in [5.74, 6) is -0.151. The number of nitrogens with zero attached hydrogens (tertiary/aromatic N) is 2. The summed E-state index contributed by atoms with van der Waals surface area (Å²) in [5, 5.41) is 9.21. The summed E-state index contributed by atoms with van der Waals surface area (Å²) < 4.78 is 0. The quantitative estimate of drug-likeness (QED) is 0.849. The smallest absolute Gasteiger partial charge is 0.327 e. The number of hydrogen-bond donors (Lipinski definition) is 1. The van der Waals surface area contributed by atoms with Crippen LogP contribution >= 0.6 is 11.8 Å². The first-order valence-corrected chi connectivity index (χ1v) is 7.38. The molecule has 2 aliphatic rings. The van der Waals surface area contributed by atoms with E-state index in [9.17, 15) is 14.7 Å². The van der Waals surface area contributed by atoms with Crippen LogP contribution in [-0.2, 0) is 4.79 Å². The molecule has 2 atom stereocenters. The molecule has 0 aromatic carbocycles. The standard InChI is InChI=1S/C12H20N2O3S/c1-7(2)10-14(9(6-18-10)11(15)16)12(17)13(3)8-4-5-8/h7-10H,4-6H2,1-3H3,(H,15,16). The number of urea groups is 1. The van der Waals surface area contributed by atoms with Gasteiger partial charge in [-0.05, 0) is 18.8 Å². The molecule has 1 aliphatic heterocycles. The fourth-order valence-corrected chi connectivity index (χ4v) is 3.74. The Bertz CT molecular complexity index is 357. The van der Waals surface area contributed by atoms with Crippen LogP contribution in [0.1, 0.15) is 26.7 Å². The molecule has 1 saturated heterocycles. The van der Waals surface area contributed by atoms with Crippen LogP contribution < -0.4 is 0 Å². The largest absolute Gasteiger partial charge is 0.480 e. The van der Waals surface area contributed by atoms with E-state index in [1.165, 1.54) is 0 Å². The predicted molar refractivity (Wildman–Crippen MR) is 70.5 cm³/mol. The maximum Gasteiger partial charge on any atom is 0.327 e. The molecule has 0 aromatic rings. The number of carbonyl (C=O) groups excluding carboxylic acids is 1. The molecule has 18 heavy (non-hydrogen) atoms. The number of amides is 2. The van der Waals surface area contributed by atoms with E-state index in [0.717, 1.165) is 12.8 Å². The van der Waals surface area contributed by atoms with Crippen molar-refractivity contribution in [2.24, 2.45) is 5.92 Å². The fraction of sp³-hybridized carbons (Fsp3) is 0.833. The summed E-state index contributed by atoms with van der Waals surface area (Å²) in [6, 6.07) is -0.505. The minimum absolute atomic E-state index is 0.0280. The van der Waals surface area contributed by atoms with E-state index in [1.54, 1.807) is 28.6 Å². The van der Waals surface area contributed by atoms with Crippen molar-refractivity contribution in [1.82, 2.24) is 9.80 Å². The second kappa shape index (κ2) is 4.99. The van der Waals surface area contributed by atoms with E-state index in [4.69, 9.17) is 0 Å². The molecule has 2 amide bonds. The lowest BCUT2D eigenvalue weighted by atomic mass is 10.1. The van der Waals surface area contributed by atoms with Gasteiger partial charge >= 0.3 is 12.0 Å². The van der Waals surface area contributed by atoms with Crippen LogP contribution in [0.25, 0.3) is 0 Å². The highest BCUT2D eigenvalue weighted by Crippen LogP contribution is 2.36. The van der Waals surface area contributed by atoms with Gasteiger partial charge in [0.1, 0.15) is 6.04 Å². The van der Waals surface area contributed by atoms with E-state index in [2.05, 4.69) is 0 Å². The van der Waals surface area contributed by atoms with Gasteiger partial charge < -0.3 is 10.0 Å². The molecule has 0 aromatic heterocycles. The Balaban J connectivity index is 2.17. The van der Waals surface area contributed by atoms with E-state index in [1.807, 2.05) is 13.8 Å². The molecule has 6 heteroatoms. The second-order valence-corrected chi connectivity index (χ2v) is 6.50. The van der Waals surface area contributed by atoms with Gasteiger partial charge in [-0.25, -0.2) is 9.59 Å². The molecule has 0 spiro atoms. The first-order valence-electron chi connectivity index (χ1n) is 6.33. The first kappa shape index (κ1) is 13.5. The number of thioether (sulfide) groups is 1. The minimum atomic E-state index is -0.900. The van der Waals surface area contributed by atoms with Gasteiger partial charge in [0, 0.05) is 18.8 Å². The molecule has 2 rings (SSSR count). The van der Waals surface area contributed by atoms with Crippen molar-refractivity contribution in [3.63, 3.8) is 0 Å². The maximum absolute atomic E-state index is 12.4. The molecule has 1 aliphatic carbocycles. The van der Waals surface area contributed by atoms with Gasteiger partial charge in [0.25, 0.3) is 0 Å². The van der Waals surface area contributed by atoms with Crippen molar-refractivity contribution in [2.75, 3.05) is 12.8 Å². The second-order valence-electron chi connectivity index (χ2n) is 5.35. The van der Waals surface area contributed by atoms with Crippen LogP contribution in [0.5, 0.6) is 0 Å². The van der Waals surface area contributed by atoms with E-state index in [0.29, 0.717) is 11.8 Å². The Hall–Kier alpha value is -0.910. The lowest BCUT2D eigenvalue weighted by molar-refractivity contribution is -0.141. The van der Waals surface area contributed by atoms with Crippen LogP contribution in [0.3, 0.4) is 0 Å². The van der Waals surface area contributed by atoms with Crippen molar-refractivity contribution in [2.45, 2.75) is 44.1 Å². The Morgan fingerprint density at radius 1 is 1.39 bits per heavy atom. The molecule has 102 valence electrons. The molecule has 2 unspecified atom stereocenters. The van der Waals surface area contributed by atoms with Crippen LogP contribution in [-0.4, -0.2) is 57.2 Å². The first-order chi connectivity index (χ1) is 8.43. The highest BCUT2D eigenvalue weighted by atomic mass is 32.2. The molecule has 0 radical (unpaired) electrons. The van der Waals surface area contributed by atoms with Crippen molar-refractivity contribution in [1.29, 1.82) is 0 Å². The third-order valence-corrected chi connectivity index (χ3v) is 5.13. The van der Waals surface area contributed by atoms with Gasteiger partial charge in [0.05, 0.1) is 5.37 Å². The van der Waals surface area contributed by atoms with Gasteiger partial charge in [-0.15, -0.1) is 11.8 Å². The molecule has 2 fully saturated rings. The molecule has 0 bridgehead atoms. The zero-order valence-corrected chi connectivity index (χ0v) is 11.8. The number of aliphatic carboxylic acids is 1. The summed E-state index contributed by atoms with van der Waals surface area (Å²) in [7, 11) is 1.78. The molecule has 1 N–H and O–H groups in total. The van der Waals surface area contributed by atoms with Crippen LogP contribution in [0.4, 0.5) is 4.79 Å². The molecular formula is C12H20N2O3S. The Morgan fingerprint density at radius 3 is 2.44 bits per heavy atom. The lowest BCUT2D eigenvalue weighted by Crippen LogP contribution is -2.52. The topological polar surface area (TPSA) is 60.9 Å². The molecule has 1 heterocycles. The van der Waals surface area contributed by atoms with Crippen LogP contribution in [0.2, 0.25) is 0 Å². The van der Waals surface area contributed by atoms with Crippen LogP contribution in [0.15, 0.2) is 0 Å². The highest BCUT2D eigenvalue weighted by molar-refractivity contribution is 8.00. The zero-order chi connectivity index (χ0) is 13.4. The molecular weight excluding hydrogens is 252 g/mol. The normalized spacial score (nSPS) is 27.7. The maximum atomic E-state index is 12.4. The average Bonchev–Trinajstić information content (AvgIpc) is 3.04. The Kier molecular flexibility index (Phi) is 3.75. The van der Waals surface area contributed by atoms with Gasteiger partial charge in [0.2, 0.25) is 0 Å². The number of carboxylic acid groups (broad SMARTS) is 1. The highest BCUT2D eigenvalue weighted by Gasteiger charge is 2.45. The van der Waals surface area contributed by atoms with Gasteiger partial charge in [-0.2, -0.15) is 0 Å². The van der Waals surface area contributed by atoms with Crippen molar-refractivity contribution in [3.8, 4) is 0 Å². The average molecular weight is 272 g/mol. The van der Waals surface area contributed by atoms with Crippen molar-refractivity contribution in [3.05, 3.63) is 0 Å². The lowest BCUT2D eigenvalue weighted by Gasteiger charge is -2.33. The molecule has 1 saturated carbocycles. The van der Waals surface area contributed by atoms with E-state index >= 15 is 0 Å². The van der Waals surface area contributed by atoms with Gasteiger partial charge in [-0.3, -0.25) is 4.90 Å². The minimum Gasteiger partial charge on any atom is -0.480 e. The number of rotatable bonds is 3. The summed E-state index contributed by atoms with van der Waals surface area (Å²) in [6.07, 6.45) is 2.07. The third kappa shape index (κ3) is 2.43. The summed E-state index contributed by atoms with van der Waals surface area (Å²) in [5.41, 5.74) is 0. The zero-order valence-electron chi connectivity index (χ0n) is 11.0. The Morgan fingerprint density at radius 2 is 2.00 bits per heavy atom. The number of carbonyl (C=O) groups is 2. The van der Waals surface area contributed by atoms with Gasteiger partial charge in [-0.1, -0.05) is 13.8 Å². The fourth-order valence-electron chi connectivity index (χ4n) is 2.27. The van der Waals surface area contributed by atoms with E-state index < -0.39 is 12.0 Å². The summed E-state index contributed by atoms with van der Waals surface area (Å²) in [4.78, 5) is 27.0. The number of carboxylic acids is 1. The monoisotopic (exact) mass is 272 g/mol. The molecule has 5 nitrogen and oxygen atoms in total. The van der Waals surface area contributed by atoms with Gasteiger partial charge in [0.15, 0.2) is 0 Å². The van der Waals surface area contributed by atoms with Crippen molar-refractivity contribution < 1.29 is 14.7 Å². The van der Waals surface area contributed by atoms with Crippen molar-refractivity contribution >= 4 is 23.8 Å². The van der Waals surface area contributed by atoms with E-state index in [-0.39, 0.29) is 17.3 Å². The Labute approximate surface area is 112 Å². The summed E-state index contributed by atoms with van der Waals surface area (Å²) in [6.45, 7) is 4.05.